The number of aromatic amines is 1. The van der Waals surface area contributed by atoms with Gasteiger partial charge >= 0.3 is 5.97 Å². The van der Waals surface area contributed by atoms with E-state index in [0.29, 0.717) is 18.0 Å². The van der Waals surface area contributed by atoms with E-state index in [-0.39, 0.29) is 12.1 Å². The van der Waals surface area contributed by atoms with Crippen LogP contribution in [0.25, 0.3) is 0 Å². The quantitative estimate of drug-likeness (QED) is 0.523. The summed E-state index contributed by atoms with van der Waals surface area (Å²) in [6.07, 6.45) is 0.413. The minimum atomic E-state index is -1.17. The number of aliphatic carboxylic acids is 1. The Morgan fingerprint density at radius 1 is 1.10 bits per heavy atom. The minimum Gasteiger partial charge on any atom is -0.497 e. The van der Waals surface area contributed by atoms with Crippen molar-refractivity contribution in [3.63, 3.8) is 0 Å². The van der Waals surface area contributed by atoms with Gasteiger partial charge in [-0.2, -0.15) is 0 Å². The van der Waals surface area contributed by atoms with Gasteiger partial charge in [-0.1, -0.05) is 42.5 Å². The average molecular weight is 407 g/mol. The van der Waals surface area contributed by atoms with Crippen LogP contribution in [0.1, 0.15) is 27.4 Å². The van der Waals surface area contributed by atoms with Crippen LogP contribution in [-0.2, 0) is 17.6 Å². The van der Waals surface area contributed by atoms with Crippen molar-refractivity contribution in [1.29, 1.82) is 0 Å². The zero-order valence-corrected chi connectivity index (χ0v) is 16.3. The van der Waals surface area contributed by atoms with Gasteiger partial charge in [0.2, 0.25) is 0 Å². The van der Waals surface area contributed by atoms with Gasteiger partial charge in [-0.05, 0) is 23.3 Å². The van der Waals surface area contributed by atoms with E-state index in [0.717, 1.165) is 17.2 Å². The number of hydrogen-bond donors (Lipinski definition) is 3. The summed E-state index contributed by atoms with van der Waals surface area (Å²) in [6.45, 7) is 0. The van der Waals surface area contributed by atoms with Gasteiger partial charge in [-0.3, -0.25) is 9.59 Å². The van der Waals surface area contributed by atoms with E-state index in [1.54, 1.807) is 43.5 Å². The number of carboxylic acid groups (broad SMARTS) is 1. The number of hydrogen-bond acceptors (Lipinski definition) is 5. The van der Waals surface area contributed by atoms with E-state index in [1.165, 1.54) is 0 Å². The number of aromatic nitrogens is 2. The van der Waals surface area contributed by atoms with Crippen LogP contribution in [0.3, 0.4) is 0 Å². The largest absolute Gasteiger partial charge is 0.497 e. The highest BCUT2D eigenvalue weighted by molar-refractivity contribution is 5.94. The predicted octanol–water partition coefficient (Wildman–Crippen LogP) is 1.79. The Bertz CT molecular complexity index is 1080. The molecule has 0 fully saturated rings. The first-order valence-corrected chi connectivity index (χ1v) is 9.25. The molecule has 3 rings (SSSR count). The Morgan fingerprint density at radius 3 is 2.43 bits per heavy atom. The van der Waals surface area contributed by atoms with Crippen molar-refractivity contribution < 1.29 is 19.4 Å². The first kappa shape index (κ1) is 20.8. The van der Waals surface area contributed by atoms with Crippen LogP contribution in [0, 0.1) is 0 Å². The molecule has 0 radical (unpaired) electrons. The Kier molecular flexibility index (Phi) is 6.59. The van der Waals surface area contributed by atoms with Crippen molar-refractivity contribution in [2.45, 2.75) is 18.9 Å². The fourth-order valence-corrected chi connectivity index (χ4v) is 2.93. The molecule has 1 atom stereocenters. The van der Waals surface area contributed by atoms with E-state index in [1.807, 2.05) is 18.2 Å². The SMILES string of the molecule is COc1ccc(Cc2nc(C(=O)NC(Cc3ccccc3)C(=O)O)cc(=O)[nH]2)cc1. The lowest BCUT2D eigenvalue weighted by molar-refractivity contribution is -0.139. The molecule has 3 aromatic rings. The molecule has 0 saturated heterocycles. The molecule has 2 aromatic carbocycles. The number of carbonyl (C=O) groups excluding carboxylic acids is 1. The first-order chi connectivity index (χ1) is 14.4. The van der Waals surface area contributed by atoms with Crippen LogP contribution in [0.15, 0.2) is 65.5 Å². The average Bonchev–Trinajstić information content (AvgIpc) is 2.74. The Hall–Kier alpha value is -3.94. The topological polar surface area (TPSA) is 121 Å². The van der Waals surface area contributed by atoms with Crippen molar-refractivity contribution >= 4 is 11.9 Å². The molecule has 154 valence electrons. The maximum Gasteiger partial charge on any atom is 0.326 e. The van der Waals surface area contributed by atoms with Crippen molar-refractivity contribution in [3.05, 3.63) is 93.7 Å². The number of nitrogens with zero attached hydrogens (tertiary/aromatic N) is 1. The molecule has 8 heteroatoms. The molecule has 0 aliphatic rings. The van der Waals surface area contributed by atoms with Gasteiger partial charge in [-0.15, -0.1) is 0 Å². The zero-order valence-electron chi connectivity index (χ0n) is 16.3. The lowest BCUT2D eigenvalue weighted by Gasteiger charge is -2.14. The normalized spacial score (nSPS) is 11.5. The van der Waals surface area contributed by atoms with Gasteiger partial charge in [0, 0.05) is 18.9 Å². The van der Waals surface area contributed by atoms with Crippen molar-refractivity contribution in [3.8, 4) is 5.75 Å². The summed E-state index contributed by atoms with van der Waals surface area (Å²) >= 11 is 0. The molecule has 0 spiro atoms. The van der Waals surface area contributed by atoms with Crippen LogP contribution < -0.4 is 15.6 Å². The Labute approximate surface area is 172 Å². The Balaban J connectivity index is 1.75. The number of carbonyl (C=O) groups is 2. The van der Waals surface area contributed by atoms with Gasteiger partial charge in [-0.25, -0.2) is 9.78 Å². The standard InChI is InChI=1S/C22H21N3O5/c1-30-16-9-7-15(8-10-16)12-19-23-17(13-20(26)25-19)21(27)24-18(22(28)29)11-14-5-3-2-4-6-14/h2-10,13,18H,11-12H2,1H3,(H,24,27)(H,28,29)(H,23,25,26). The summed E-state index contributed by atoms with van der Waals surface area (Å²) in [4.78, 5) is 43.0. The third-order valence-corrected chi connectivity index (χ3v) is 4.44. The number of carboxylic acids is 1. The molecule has 1 amide bonds. The molecule has 0 saturated carbocycles. The zero-order chi connectivity index (χ0) is 21.5. The van der Waals surface area contributed by atoms with Gasteiger partial charge < -0.3 is 20.1 Å². The number of rotatable bonds is 8. The van der Waals surface area contributed by atoms with E-state index in [2.05, 4.69) is 15.3 Å². The molecule has 0 aliphatic heterocycles. The number of amides is 1. The van der Waals surface area contributed by atoms with E-state index < -0.39 is 23.5 Å². The third kappa shape index (κ3) is 5.54. The second-order valence-corrected chi connectivity index (χ2v) is 6.66. The second kappa shape index (κ2) is 9.51. The van der Waals surface area contributed by atoms with Crippen molar-refractivity contribution in [1.82, 2.24) is 15.3 Å². The first-order valence-electron chi connectivity index (χ1n) is 9.25. The van der Waals surface area contributed by atoms with E-state index >= 15 is 0 Å². The van der Waals surface area contributed by atoms with E-state index in [4.69, 9.17) is 4.74 Å². The van der Waals surface area contributed by atoms with Gasteiger partial charge in [0.1, 0.15) is 23.3 Å². The maximum absolute atomic E-state index is 12.6. The van der Waals surface area contributed by atoms with E-state index in [9.17, 15) is 19.5 Å². The smallest absolute Gasteiger partial charge is 0.326 e. The molecule has 30 heavy (non-hydrogen) atoms. The summed E-state index contributed by atoms with van der Waals surface area (Å²) in [6, 6.07) is 16.1. The van der Waals surface area contributed by atoms with Crippen molar-refractivity contribution in [2.24, 2.45) is 0 Å². The van der Waals surface area contributed by atoms with Crippen LogP contribution >= 0.6 is 0 Å². The number of nitrogens with one attached hydrogen (secondary N) is 2. The van der Waals surface area contributed by atoms with Gasteiger partial charge in [0.15, 0.2) is 0 Å². The fraction of sp³-hybridized carbons (Fsp3) is 0.182. The Morgan fingerprint density at radius 2 is 1.80 bits per heavy atom. The number of methoxy groups -OCH3 is 1. The molecule has 3 N–H and O–H groups in total. The molecule has 1 heterocycles. The van der Waals surface area contributed by atoms with Crippen LogP contribution in [0.4, 0.5) is 0 Å². The lowest BCUT2D eigenvalue weighted by atomic mass is 10.1. The highest BCUT2D eigenvalue weighted by Gasteiger charge is 2.22. The monoisotopic (exact) mass is 407 g/mol. The summed E-state index contributed by atoms with van der Waals surface area (Å²) in [5, 5.41) is 11.9. The molecule has 8 nitrogen and oxygen atoms in total. The molecule has 0 bridgehead atoms. The molecule has 1 aromatic heterocycles. The molecular formula is C22H21N3O5. The molecule has 1 unspecified atom stereocenters. The van der Waals surface area contributed by atoms with Crippen LogP contribution in [-0.4, -0.2) is 40.1 Å². The predicted molar refractivity (Wildman–Crippen MR) is 110 cm³/mol. The summed E-state index contributed by atoms with van der Waals surface area (Å²) in [5.41, 5.74) is 1.00. The summed E-state index contributed by atoms with van der Waals surface area (Å²) in [7, 11) is 1.57. The summed E-state index contributed by atoms with van der Waals surface area (Å²) in [5.74, 6) is -0.893. The second-order valence-electron chi connectivity index (χ2n) is 6.66. The highest BCUT2D eigenvalue weighted by atomic mass is 16.5. The summed E-state index contributed by atoms with van der Waals surface area (Å²) < 4.78 is 5.11. The van der Waals surface area contributed by atoms with Crippen LogP contribution in [0.5, 0.6) is 5.75 Å². The van der Waals surface area contributed by atoms with Crippen LogP contribution in [0.2, 0.25) is 0 Å². The highest BCUT2D eigenvalue weighted by Crippen LogP contribution is 2.13. The number of ether oxygens (including phenoxy) is 1. The minimum absolute atomic E-state index is 0.115. The number of benzene rings is 2. The third-order valence-electron chi connectivity index (χ3n) is 4.44. The van der Waals surface area contributed by atoms with Crippen molar-refractivity contribution in [2.75, 3.05) is 7.11 Å². The molecule has 0 aliphatic carbocycles. The fourth-order valence-electron chi connectivity index (χ4n) is 2.93. The lowest BCUT2D eigenvalue weighted by Crippen LogP contribution is -2.43. The number of H-pyrrole nitrogens is 1. The maximum atomic E-state index is 12.6. The molecular weight excluding hydrogens is 386 g/mol. The van der Waals surface area contributed by atoms with Gasteiger partial charge in [0.25, 0.3) is 11.5 Å². The van der Waals surface area contributed by atoms with Gasteiger partial charge in [0.05, 0.1) is 7.11 Å².